The van der Waals surface area contributed by atoms with Gasteiger partial charge in [-0.15, -0.1) is 10.2 Å². The fraction of sp³-hybridized carbons (Fsp3) is 0.200. The fourth-order valence-electron chi connectivity index (χ4n) is 2.09. The van der Waals surface area contributed by atoms with E-state index in [2.05, 4.69) is 33.8 Å². The van der Waals surface area contributed by atoms with Crippen molar-refractivity contribution in [2.24, 2.45) is 0 Å². The minimum Gasteiger partial charge on any atom is -0.469 e. The summed E-state index contributed by atoms with van der Waals surface area (Å²) in [7, 11) is 0. The van der Waals surface area contributed by atoms with Crippen LogP contribution in [0, 0.1) is 6.92 Å². The quantitative estimate of drug-likeness (QED) is 0.681. The SMILES string of the molecule is CCSc1nnc(-c2ccoc2C)n1-c1ccccc1. The van der Waals surface area contributed by atoms with E-state index in [0.717, 1.165) is 33.7 Å². The summed E-state index contributed by atoms with van der Waals surface area (Å²) in [5, 5.41) is 9.56. The summed E-state index contributed by atoms with van der Waals surface area (Å²) in [4.78, 5) is 0. The van der Waals surface area contributed by atoms with Crippen LogP contribution in [0.3, 0.4) is 0 Å². The fourth-order valence-corrected chi connectivity index (χ4v) is 2.77. The van der Waals surface area contributed by atoms with Crippen LogP contribution in [0.5, 0.6) is 0 Å². The Kier molecular flexibility index (Phi) is 3.60. The highest BCUT2D eigenvalue weighted by atomic mass is 32.2. The summed E-state index contributed by atoms with van der Waals surface area (Å²) in [6.45, 7) is 4.05. The molecule has 4 nitrogen and oxygen atoms in total. The normalized spacial score (nSPS) is 10.9. The van der Waals surface area contributed by atoms with Crippen molar-refractivity contribution in [3.05, 3.63) is 48.4 Å². The highest BCUT2D eigenvalue weighted by Gasteiger charge is 2.18. The van der Waals surface area contributed by atoms with Crippen LogP contribution >= 0.6 is 11.8 Å². The predicted molar refractivity (Wildman–Crippen MR) is 80.2 cm³/mol. The zero-order valence-corrected chi connectivity index (χ0v) is 12.2. The first-order valence-electron chi connectivity index (χ1n) is 6.49. The van der Waals surface area contributed by atoms with Crippen LogP contribution in [-0.4, -0.2) is 20.5 Å². The maximum atomic E-state index is 5.39. The molecule has 0 unspecified atom stereocenters. The van der Waals surface area contributed by atoms with E-state index in [9.17, 15) is 0 Å². The summed E-state index contributed by atoms with van der Waals surface area (Å²) >= 11 is 1.68. The van der Waals surface area contributed by atoms with Crippen LogP contribution in [0.25, 0.3) is 17.1 Å². The Hall–Kier alpha value is -2.01. The minimum atomic E-state index is 0.818. The van der Waals surface area contributed by atoms with Crippen molar-refractivity contribution in [3.63, 3.8) is 0 Å². The number of nitrogens with zero attached hydrogens (tertiary/aromatic N) is 3. The van der Waals surface area contributed by atoms with Gasteiger partial charge in [-0.1, -0.05) is 36.9 Å². The van der Waals surface area contributed by atoms with E-state index in [1.807, 2.05) is 31.2 Å². The maximum Gasteiger partial charge on any atom is 0.196 e. The molecule has 0 amide bonds. The monoisotopic (exact) mass is 285 g/mol. The number of rotatable bonds is 4. The molecule has 5 heteroatoms. The molecular formula is C15H15N3OS. The second kappa shape index (κ2) is 5.54. The van der Waals surface area contributed by atoms with Crippen LogP contribution in [0.2, 0.25) is 0 Å². The van der Waals surface area contributed by atoms with Crippen molar-refractivity contribution in [1.29, 1.82) is 0 Å². The lowest BCUT2D eigenvalue weighted by atomic mass is 10.2. The van der Waals surface area contributed by atoms with E-state index in [0.29, 0.717) is 0 Å². The number of furan rings is 1. The number of aromatic nitrogens is 3. The van der Waals surface area contributed by atoms with Gasteiger partial charge in [0.15, 0.2) is 11.0 Å². The zero-order valence-electron chi connectivity index (χ0n) is 11.4. The van der Waals surface area contributed by atoms with Gasteiger partial charge >= 0.3 is 0 Å². The number of thioether (sulfide) groups is 1. The number of aryl methyl sites for hydroxylation is 1. The summed E-state index contributed by atoms with van der Waals surface area (Å²) in [6, 6.07) is 12.1. The highest BCUT2D eigenvalue weighted by Crippen LogP contribution is 2.29. The lowest BCUT2D eigenvalue weighted by Crippen LogP contribution is -1.99. The van der Waals surface area contributed by atoms with Crippen LogP contribution < -0.4 is 0 Å². The van der Waals surface area contributed by atoms with Crippen molar-refractivity contribution in [2.75, 3.05) is 5.75 Å². The molecule has 0 saturated carbocycles. The maximum absolute atomic E-state index is 5.39. The molecule has 0 aliphatic carbocycles. The predicted octanol–water partition coefficient (Wildman–Crippen LogP) is 3.95. The summed E-state index contributed by atoms with van der Waals surface area (Å²) in [6.07, 6.45) is 1.68. The molecule has 1 aromatic carbocycles. The van der Waals surface area contributed by atoms with Gasteiger partial charge < -0.3 is 4.42 Å². The lowest BCUT2D eigenvalue weighted by Gasteiger charge is -2.09. The molecule has 20 heavy (non-hydrogen) atoms. The molecule has 102 valence electrons. The molecule has 0 spiro atoms. The second-order valence-corrected chi connectivity index (χ2v) is 5.53. The van der Waals surface area contributed by atoms with E-state index in [1.165, 1.54) is 0 Å². The van der Waals surface area contributed by atoms with Gasteiger partial charge in [-0.25, -0.2) is 0 Å². The molecule has 2 aromatic heterocycles. The molecule has 3 rings (SSSR count). The topological polar surface area (TPSA) is 43.9 Å². The largest absolute Gasteiger partial charge is 0.469 e. The molecule has 0 aliphatic rings. The molecule has 0 fully saturated rings. The van der Waals surface area contributed by atoms with Gasteiger partial charge in [0.1, 0.15) is 5.76 Å². The van der Waals surface area contributed by atoms with Gasteiger partial charge in [-0.3, -0.25) is 4.57 Å². The number of para-hydroxylation sites is 1. The van der Waals surface area contributed by atoms with Crippen molar-refractivity contribution in [3.8, 4) is 17.1 Å². The van der Waals surface area contributed by atoms with E-state index < -0.39 is 0 Å². The zero-order chi connectivity index (χ0) is 13.9. The number of benzene rings is 1. The molecular weight excluding hydrogens is 270 g/mol. The first kappa shape index (κ1) is 13.0. The van der Waals surface area contributed by atoms with Gasteiger partial charge in [0, 0.05) is 5.69 Å². The molecule has 0 atom stereocenters. The summed E-state index contributed by atoms with van der Waals surface area (Å²) < 4.78 is 7.47. The van der Waals surface area contributed by atoms with Gasteiger partial charge in [0.25, 0.3) is 0 Å². The third-order valence-electron chi connectivity index (χ3n) is 3.02. The van der Waals surface area contributed by atoms with Crippen molar-refractivity contribution in [1.82, 2.24) is 14.8 Å². The Labute approximate surface area is 121 Å². The Morgan fingerprint density at radius 2 is 1.95 bits per heavy atom. The molecule has 2 heterocycles. The summed E-state index contributed by atoms with van der Waals surface area (Å²) in [5.74, 6) is 2.62. The Bertz CT molecular complexity index is 703. The molecule has 0 N–H and O–H groups in total. The van der Waals surface area contributed by atoms with Gasteiger partial charge in [0.05, 0.1) is 11.8 Å². The lowest BCUT2D eigenvalue weighted by molar-refractivity contribution is 0.535. The molecule has 0 radical (unpaired) electrons. The summed E-state index contributed by atoms with van der Waals surface area (Å²) in [5.41, 5.74) is 2.04. The molecule has 3 aromatic rings. The van der Waals surface area contributed by atoms with Crippen LogP contribution in [0.4, 0.5) is 0 Å². The first-order valence-corrected chi connectivity index (χ1v) is 7.48. The van der Waals surface area contributed by atoms with Crippen molar-refractivity contribution >= 4 is 11.8 Å². The van der Waals surface area contributed by atoms with Crippen LogP contribution in [0.15, 0.2) is 52.2 Å². The average molecular weight is 285 g/mol. The number of hydrogen-bond acceptors (Lipinski definition) is 4. The van der Waals surface area contributed by atoms with Gasteiger partial charge in [-0.05, 0) is 30.9 Å². The standard InChI is InChI=1S/C15H15N3OS/c1-3-20-15-17-16-14(13-9-10-19-11(13)2)18(15)12-7-5-4-6-8-12/h4-10H,3H2,1-2H3. The van der Waals surface area contributed by atoms with Crippen LogP contribution in [-0.2, 0) is 0 Å². The van der Waals surface area contributed by atoms with Gasteiger partial charge in [0.2, 0.25) is 0 Å². The highest BCUT2D eigenvalue weighted by molar-refractivity contribution is 7.99. The van der Waals surface area contributed by atoms with E-state index >= 15 is 0 Å². The Morgan fingerprint density at radius 1 is 1.15 bits per heavy atom. The first-order chi connectivity index (χ1) is 9.81. The second-order valence-electron chi connectivity index (χ2n) is 4.30. The third-order valence-corrected chi connectivity index (χ3v) is 3.83. The number of hydrogen-bond donors (Lipinski definition) is 0. The van der Waals surface area contributed by atoms with Crippen LogP contribution in [0.1, 0.15) is 12.7 Å². The van der Waals surface area contributed by atoms with Crippen molar-refractivity contribution < 1.29 is 4.42 Å². The average Bonchev–Trinajstić information content (AvgIpc) is 3.06. The van der Waals surface area contributed by atoms with Gasteiger partial charge in [-0.2, -0.15) is 0 Å². The van der Waals surface area contributed by atoms with E-state index in [1.54, 1.807) is 18.0 Å². The van der Waals surface area contributed by atoms with E-state index in [-0.39, 0.29) is 0 Å². The Balaban J connectivity index is 2.19. The Morgan fingerprint density at radius 3 is 2.60 bits per heavy atom. The minimum absolute atomic E-state index is 0.818. The third kappa shape index (κ3) is 2.25. The smallest absolute Gasteiger partial charge is 0.196 e. The molecule has 0 bridgehead atoms. The molecule has 0 saturated heterocycles. The van der Waals surface area contributed by atoms with E-state index in [4.69, 9.17) is 4.42 Å². The van der Waals surface area contributed by atoms with Crippen molar-refractivity contribution in [2.45, 2.75) is 19.0 Å². The molecule has 0 aliphatic heterocycles.